The van der Waals surface area contributed by atoms with E-state index < -0.39 is 15.8 Å². The lowest BCUT2D eigenvalue weighted by Gasteiger charge is -2.10. The van der Waals surface area contributed by atoms with E-state index in [1.807, 2.05) is 0 Å². The number of hydrogen-bond donors (Lipinski definition) is 0. The van der Waals surface area contributed by atoms with Gasteiger partial charge in [-0.2, -0.15) is 0 Å². The Morgan fingerprint density at radius 2 is 1.79 bits per heavy atom. The summed E-state index contributed by atoms with van der Waals surface area (Å²) in [5.41, 5.74) is 0.156. The van der Waals surface area contributed by atoms with Crippen molar-refractivity contribution in [2.45, 2.75) is 11.8 Å². The molecule has 0 amide bonds. The molecule has 0 aliphatic rings. The number of esters is 1. The Morgan fingerprint density at radius 3 is 2.33 bits per heavy atom. The van der Waals surface area contributed by atoms with Crippen LogP contribution in [0, 0.1) is 6.92 Å². The van der Waals surface area contributed by atoms with Gasteiger partial charge in [0.2, 0.25) is 0 Å². The maximum absolute atomic E-state index is 12.2. The van der Waals surface area contributed by atoms with E-state index in [9.17, 15) is 18.0 Å². The first kappa shape index (κ1) is 18.5. The molecule has 0 aliphatic heterocycles. The summed E-state index contributed by atoms with van der Waals surface area (Å²) in [6, 6.07) is 5.06. The Labute approximate surface area is 148 Å². The van der Waals surface area contributed by atoms with Gasteiger partial charge in [-0.25, -0.2) is 13.2 Å². The van der Waals surface area contributed by atoms with Crippen LogP contribution in [0.4, 0.5) is 0 Å². The van der Waals surface area contributed by atoms with Gasteiger partial charge in [0.15, 0.2) is 9.84 Å². The number of pyridine rings is 1. The average molecular weight is 390 g/mol. The zero-order valence-electron chi connectivity index (χ0n) is 13.0. The van der Waals surface area contributed by atoms with Crippen molar-refractivity contribution in [1.82, 2.24) is 4.57 Å². The van der Waals surface area contributed by atoms with Crippen molar-refractivity contribution in [3.05, 3.63) is 55.9 Å². The van der Waals surface area contributed by atoms with Crippen molar-refractivity contribution >= 4 is 39.0 Å². The average Bonchev–Trinajstić information content (AvgIpc) is 2.46. The van der Waals surface area contributed by atoms with E-state index in [4.69, 9.17) is 27.9 Å². The third kappa shape index (κ3) is 3.63. The molecule has 2 aromatic rings. The summed E-state index contributed by atoms with van der Waals surface area (Å²) in [4.78, 5) is 23.8. The Kier molecular flexibility index (Phi) is 5.08. The molecule has 0 saturated heterocycles. The smallest absolute Gasteiger partial charge is 0.345 e. The number of benzene rings is 1. The number of aryl methyl sites for hydroxylation is 1. The zero-order valence-corrected chi connectivity index (χ0v) is 15.3. The molecule has 6 nitrogen and oxygen atoms in total. The third-order valence-electron chi connectivity index (χ3n) is 3.35. The van der Waals surface area contributed by atoms with Crippen molar-refractivity contribution in [1.29, 1.82) is 0 Å². The first-order chi connectivity index (χ1) is 11.0. The monoisotopic (exact) mass is 389 g/mol. The minimum Gasteiger partial charge on any atom is -0.423 e. The minimum absolute atomic E-state index is 0.0555. The molecule has 24 heavy (non-hydrogen) atoms. The highest BCUT2D eigenvalue weighted by atomic mass is 35.5. The molecule has 0 saturated carbocycles. The van der Waals surface area contributed by atoms with Crippen LogP contribution in [0.2, 0.25) is 10.0 Å². The lowest BCUT2D eigenvalue weighted by molar-refractivity contribution is 0.0734. The second-order valence-corrected chi connectivity index (χ2v) is 7.87. The lowest BCUT2D eigenvalue weighted by Crippen LogP contribution is -2.19. The van der Waals surface area contributed by atoms with E-state index >= 15 is 0 Å². The van der Waals surface area contributed by atoms with Crippen molar-refractivity contribution in [3.63, 3.8) is 0 Å². The maximum atomic E-state index is 12.2. The van der Waals surface area contributed by atoms with E-state index in [2.05, 4.69) is 0 Å². The normalized spacial score (nSPS) is 11.4. The van der Waals surface area contributed by atoms with Crippen LogP contribution in [0.1, 0.15) is 16.1 Å². The molecule has 0 aliphatic carbocycles. The van der Waals surface area contributed by atoms with Crippen molar-refractivity contribution in [3.8, 4) is 5.75 Å². The summed E-state index contributed by atoms with van der Waals surface area (Å²) in [5, 5.41) is -0.487. The van der Waals surface area contributed by atoms with Crippen LogP contribution < -0.4 is 10.3 Å². The van der Waals surface area contributed by atoms with Crippen molar-refractivity contribution in [2.75, 3.05) is 6.26 Å². The largest absolute Gasteiger partial charge is 0.423 e. The van der Waals surface area contributed by atoms with Gasteiger partial charge in [0.1, 0.15) is 5.75 Å². The second-order valence-electron chi connectivity index (χ2n) is 5.13. The molecule has 1 aromatic heterocycles. The summed E-state index contributed by atoms with van der Waals surface area (Å²) in [5.74, 6) is -0.797. The number of carbonyl (C=O) groups excluding carboxylic acids is 1. The van der Waals surface area contributed by atoms with Crippen LogP contribution in [0.3, 0.4) is 0 Å². The molecular weight excluding hydrogens is 377 g/mol. The Bertz CT molecular complexity index is 996. The molecule has 0 fully saturated rings. The summed E-state index contributed by atoms with van der Waals surface area (Å²) in [7, 11) is -2.00. The Morgan fingerprint density at radius 1 is 1.17 bits per heavy atom. The van der Waals surface area contributed by atoms with Crippen LogP contribution in [-0.2, 0) is 16.9 Å². The fourth-order valence-corrected chi connectivity index (χ4v) is 3.56. The van der Waals surface area contributed by atoms with Gasteiger partial charge >= 0.3 is 5.97 Å². The topological polar surface area (TPSA) is 82.4 Å². The van der Waals surface area contributed by atoms with Crippen LogP contribution in [0.15, 0.2) is 34.0 Å². The number of sulfone groups is 1. The summed E-state index contributed by atoms with van der Waals surface area (Å²) in [6.45, 7) is 1.68. The summed E-state index contributed by atoms with van der Waals surface area (Å²) >= 11 is 11.9. The number of hydrogen-bond acceptors (Lipinski definition) is 5. The predicted molar refractivity (Wildman–Crippen MR) is 91.0 cm³/mol. The summed E-state index contributed by atoms with van der Waals surface area (Å²) in [6.07, 6.45) is 0.977. The molecule has 0 unspecified atom stereocenters. The van der Waals surface area contributed by atoms with E-state index in [0.29, 0.717) is 5.69 Å². The van der Waals surface area contributed by atoms with Gasteiger partial charge in [0, 0.05) is 31.1 Å². The molecule has 0 N–H and O–H groups in total. The van der Waals surface area contributed by atoms with Gasteiger partial charge in [-0.15, -0.1) is 0 Å². The van der Waals surface area contributed by atoms with Crippen LogP contribution in [-0.4, -0.2) is 25.2 Å². The fourth-order valence-electron chi connectivity index (χ4n) is 1.93. The predicted octanol–water partition coefficient (Wildman–Crippen LogP) is 2.62. The van der Waals surface area contributed by atoms with Gasteiger partial charge < -0.3 is 9.30 Å². The molecule has 128 valence electrons. The molecule has 0 radical (unpaired) electrons. The van der Waals surface area contributed by atoms with Crippen LogP contribution in [0.25, 0.3) is 0 Å². The van der Waals surface area contributed by atoms with Crippen LogP contribution >= 0.6 is 23.2 Å². The Balaban J connectivity index is 2.41. The maximum Gasteiger partial charge on any atom is 0.345 e. The fraction of sp³-hybridized carbons (Fsp3) is 0.200. The highest BCUT2D eigenvalue weighted by Gasteiger charge is 2.22. The van der Waals surface area contributed by atoms with Gasteiger partial charge in [-0.1, -0.05) is 23.2 Å². The SMILES string of the molecule is Cc1cc(OC(=O)c2ccc(S(C)(=O)=O)c(Cl)c2Cl)cc(=O)n1C. The number of carbonyl (C=O) groups is 1. The standard InChI is InChI=1S/C15H13Cl2NO5S/c1-8-6-9(7-12(19)18(8)2)23-15(20)10-4-5-11(24(3,21)22)14(17)13(10)16/h4-7H,1-3H3. The molecule has 1 heterocycles. The molecule has 0 spiro atoms. The number of rotatable bonds is 3. The zero-order chi connectivity index (χ0) is 18.2. The van der Waals surface area contributed by atoms with Gasteiger partial charge in [-0.3, -0.25) is 4.79 Å². The van der Waals surface area contributed by atoms with E-state index in [-0.39, 0.29) is 31.8 Å². The van der Waals surface area contributed by atoms with Gasteiger partial charge in [0.25, 0.3) is 5.56 Å². The van der Waals surface area contributed by atoms with Crippen LogP contribution in [0.5, 0.6) is 5.75 Å². The van der Waals surface area contributed by atoms with Gasteiger partial charge in [0.05, 0.1) is 20.5 Å². The minimum atomic E-state index is -3.59. The highest BCUT2D eigenvalue weighted by molar-refractivity contribution is 7.90. The van der Waals surface area contributed by atoms with E-state index in [1.165, 1.54) is 22.8 Å². The first-order valence-electron chi connectivity index (χ1n) is 6.60. The molecule has 9 heteroatoms. The molecule has 2 rings (SSSR count). The number of ether oxygens (including phenoxy) is 1. The number of nitrogens with zero attached hydrogens (tertiary/aromatic N) is 1. The number of halogens is 2. The van der Waals surface area contributed by atoms with Crippen molar-refractivity contribution in [2.24, 2.45) is 7.05 Å². The van der Waals surface area contributed by atoms with E-state index in [0.717, 1.165) is 12.3 Å². The third-order valence-corrected chi connectivity index (χ3v) is 5.49. The van der Waals surface area contributed by atoms with Gasteiger partial charge in [-0.05, 0) is 19.1 Å². The van der Waals surface area contributed by atoms with Crippen molar-refractivity contribution < 1.29 is 17.9 Å². The van der Waals surface area contributed by atoms with E-state index in [1.54, 1.807) is 14.0 Å². The summed E-state index contributed by atoms with van der Waals surface area (Å²) < 4.78 is 29.7. The quantitative estimate of drug-likeness (QED) is 0.753. The lowest BCUT2D eigenvalue weighted by atomic mass is 10.2. The highest BCUT2D eigenvalue weighted by Crippen LogP contribution is 2.32. The molecule has 0 bridgehead atoms. The molecule has 0 atom stereocenters. The molecule has 1 aromatic carbocycles. The number of aromatic nitrogens is 1. The molecular formula is C15H13Cl2NO5S. The first-order valence-corrected chi connectivity index (χ1v) is 9.25. The Hall–Kier alpha value is -1.83. The second kappa shape index (κ2) is 6.58.